The van der Waals surface area contributed by atoms with E-state index in [0.717, 1.165) is 6.26 Å². The third kappa shape index (κ3) is 2.94. The second-order valence-corrected chi connectivity index (χ2v) is 3.71. The quantitative estimate of drug-likeness (QED) is 0.675. The maximum Gasteiger partial charge on any atom is 0.231 e. The maximum atomic E-state index is 10.6. The van der Waals surface area contributed by atoms with Crippen LogP contribution in [0.25, 0.3) is 0 Å². The molecule has 0 aliphatic heterocycles. The first-order chi connectivity index (χ1) is 5.08. The van der Waals surface area contributed by atoms with Crippen molar-refractivity contribution in [2.24, 2.45) is 0 Å². The van der Waals surface area contributed by atoms with E-state index in [9.17, 15) is 8.42 Å². The lowest BCUT2D eigenvalue weighted by molar-refractivity contribution is 0.606. The zero-order valence-electron chi connectivity index (χ0n) is 5.85. The van der Waals surface area contributed by atoms with Crippen LogP contribution >= 0.6 is 0 Å². The first-order valence-electron chi connectivity index (χ1n) is 2.82. The van der Waals surface area contributed by atoms with E-state index >= 15 is 0 Å². The molecule has 1 aromatic rings. The molecule has 0 aromatic carbocycles. The highest BCUT2D eigenvalue weighted by Crippen LogP contribution is 1.98. The Bertz CT molecular complexity index is 321. The molecule has 0 unspecified atom stereocenters. The van der Waals surface area contributed by atoms with Gasteiger partial charge in [-0.15, -0.1) is 0 Å². The highest BCUT2D eigenvalue weighted by atomic mass is 32.2. The van der Waals surface area contributed by atoms with Crippen molar-refractivity contribution in [1.29, 1.82) is 0 Å². The Morgan fingerprint density at radius 3 is 2.64 bits per heavy atom. The lowest BCUT2D eigenvalue weighted by atomic mass is 10.7. The van der Waals surface area contributed by atoms with Crippen LogP contribution in [0.15, 0.2) is 18.6 Å². The fourth-order valence-electron chi connectivity index (χ4n) is 0.542. The Hall–Kier alpha value is -1.17. The Labute approximate surface area is 64.5 Å². The third-order valence-corrected chi connectivity index (χ3v) is 1.43. The molecular formula is C5H7N3O2S. The van der Waals surface area contributed by atoms with Crippen LogP contribution in [0, 0.1) is 0 Å². The van der Waals surface area contributed by atoms with Gasteiger partial charge < -0.3 is 0 Å². The van der Waals surface area contributed by atoms with Crippen molar-refractivity contribution in [3.63, 3.8) is 0 Å². The van der Waals surface area contributed by atoms with Gasteiger partial charge in [-0.2, -0.15) is 0 Å². The van der Waals surface area contributed by atoms with E-state index in [1.807, 2.05) is 0 Å². The van der Waals surface area contributed by atoms with Crippen LogP contribution in [0.1, 0.15) is 0 Å². The van der Waals surface area contributed by atoms with E-state index in [2.05, 4.69) is 14.7 Å². The summed E-state index contributed by atoms with van der Waals surface area (Å²) in [6, 6.07) is 0. The lowest BCUT2D eigenvalue weighted by Gasteiger charge is -1.99. The van der Waals surface area contributed by atoms with E-state index < -0.39 is 10.0 Å². The minimum Gasteiger partial charge on any atom is -0.266 e. The highest BCUT2D eigenvalue weighted by Gasteiger charge is 2.00. The predicted molar refractivity (Wildman–Crippen MR) is 40.5 cm³/mol. The van der Waals surface area contributed by atoms with E-state index in [1.165, 1.54) is 18.6 Å². The van der Waals surface area contributed by atoms with Gasteiger partial charge in [0, 0.05) is 12.4 Å². The summed E-state index contributed by atoms with van der Waals surface area (Å²) in [6.45, 7) is 0. The zero-order valence-corrected chi connectivity index (χ0v) is 6.67. The molecule has 60 valence electrons. The topological polar surface area (TPSA) is 72.0 Å². The number of aromatic nitrogens is 2. The predicted octanol–water partition coefficient (Wildman–Crippen LogP) is -0.152. The number of sulfonamides is 1. The van der Waals surface area contributed by atoms with Gasteiger partial charge in [0.1, 0.15) is 0 Å². The van der Waals surface area contributed by atoms with Gasteiger partial charge in [-0.25, -0.2) is 13.4 Å². The third-order valence-electron chi connectivity index (χ3n) is 0.853. The van der Waals surface area contributed by atoms with Gasteiger partial charge in [0.05, 0.1) is 12.5 Å². The number of hydrogen-bond donors (Lipinski definition) is 1. The molecule has 0 saturated carbocycles. The van der Waals surface area contributed by atoms with Gasteiger partial charge in [0.2, 0.25) is 10.0 Å². The molecule has 6 heteroatoms. The molecule has 0 bridgehead atoms. The number of anilines is 1. The van der Waals surface area contributed by atoms with Crippen LogP contribution in [0.3, 0.4) is 0 Å². The van der Waals surface area contributed by atoms with E-state index in [4.69, 9.17) is 0 Å². The molecule has 0 saturated heterocycles. The Balaban J connectivity index is 2.82. The summed E-state index contributed by atoms with van der Waals surface area (Å²) < 4.78 is 23.4. The zero-order chi connectivity index (χ0) is 8.32. The van der Waals surface area contributed by atoms with Crippen molar-refractivity contribution >= 4 is 15.8 Å². The van der Waals surface area contributed by atoms with Crippen LogP contribution in [-0.4, -0.2) is 24.6 Å². The summed E-state index contributed by atoms with van der Waals surface area (Å²) in [7, 11) is -3.23. The highest BCUT2D eigenvalue weighted by molar-refractivity contribution is 7.92. The molecule has 0 atom stereocenters. The van der Waals surface area contributed by atoms with Crippen molar-refractivity contribution in [2.75, 3.05) is 11.0 Å². The number of nitrogens with one attached hydrogen (secondary N) is 1. The van der Waals surface area contributed by atoms with Gasteiger partial charge in [-0.3, -0.25) is 9.71 Å². The standard InChI is InChI=1S/C5H7N3O2S/c1-11(9,10)8-5-4-6-2-3-7-5/h2-4H,1H3,(H,7,8). The molecule has 1 N–H and O–H groups in total. The summed E-state index contributed by atoms with van der Waals surface area (Å²) in [6.07, 6.45) is 5.27. The molecule has 1 rings (SSSR count). The summed E-state index contributed by atoms with van der Waals surface area (Å²) in [4.78, 5) is 7.39. The summed E-state index contributed by atoms with van der Waals surface area (Å²) in [5.74, 6) is 0.231. The summed E-state index contributed by atoms with van der Waals surface area (Å²) in [5.41, 5.74) is 0. The normalized spacial score (nSPS) is 11.0. The van der Waals surface area contributed by atoms with Gasteiger partial charge in [-0.05, 0) is 0 Å². The van der Waals surface area contributed by atoms with Gasteiger partial charge in [-0.1, -0.05) is 0 Å². The second kappa shape index (κ2) is 2.83. The molecule has 1 aromatic heterocycles. The summed E-state index contributed by atoms with van der Waals surface area (Å²) >= 11 is 0. The smallest absolute Gasteiger partial charge is 0.231 e. The molecule has 0 radical (unpaired) electrons. The maximum absolute atomic E-state index is 10.6. The molecule has 11 heavy (non-hydrogen) atoms. The van der Waals surface area contributed by atoms with Crippen molar-refractivity contribution in [1.82, 2.24) is 9.97 Å². The number of nitrogens with zero attached hydrogens (tertiary/aromatic N) is 2. The minimum atomic E-state index is -3.23. The monoisotopic (exact) mass is 173 g/mol. The first kappa shape index (κ1) is 7.93. The first-order valence-corrected chi connectivity index (χ1v) is 4.71. The van der Waals surface area contributed by atoms with Gasteiger partial charge in [0.15, 0.2) is 5.82 Å². The van der Waals surface area contributed by atoms with Crippen LogP contribution < -0.4 is 4.72 Å². The molecule has 0 spiro atoms. The van der Waals surface area contributed by atoms with Crippen molar-refractivity contribution < 1.29 is 8.42 Å². The molecular weight excluding hydrogens is 166 g/mol. The Morgan fingerprint density at radius 2 is 2.18 bits per heavy atom. The Morgan fingerprint density at radius 1 is 1.45 bits per heavy atom. The summed E-state index contributed by atoms with van der Waals surface area (Å²) in [5, 5.41) is 0. The average Bonchev–Trinajstić information content (AvgIpc) is 1.85. The van der Waals surface area contributed by atoms with Gasteiger partial charge >= 0.3 is 0 Å². The van der Waals surface area contributed by atoms with Crippen LogP contribution in [0.4, 0.5) is 5.82 Å². The van der Waals surface area contributed by atoms with Crippen molar-refractivity contribution in [2.45, 2.75) is 0 Å². The van der Waals surface area contributed by atoms with Crippen molar-refractivity contribution in [3.05, 3.63) is 18.6 Å². The molecule has 0 fully saturated rings. The van der Waals surface area contributed by atoms with Gasteiger partial charge in [0.25, 0.3) is 0 Å². The second-order valence-electron chi connectivity index (χ2n) is 1.96. The Kier molecular flexibility index (Phi) is 2.04. The molecule has 5 nitrogen and oxygen atoms in total. The number of rotatable bonds is 2. The number of hydrogen-bond acceptors (Lipinski definition) is 4. The molecule has 0 aliphatic carbocycles. The van der Waals surface area contributed by atoms with Crippen LogP contribution in [0.2, 0.25) is 0 Å². The van der Waals surface area contributed by atoms with E-state index in [0.29, 0.717) is 0 Å². The van der Waals surface area contributed by atoms with Crippen LogP contribution in [-0.2, 0) is 10.0 Å². The SMILES string of the molecule is CS(=O)(=O)Nc1cnccn1. The fourth-order valence-corrected chi connectivity index (χ4v) is 1.03. The van der Waals surface area contributed by atoms with E-state index in [-0.39, 0.29) is 5.82 Å². The lowest BCUT2D eigenvalue weighted by Crippen LogP contribution is -2.10. The minimum absolute atomic E-state index is 0.231. The van der Waals surface area contributed by atoms with E-state index in [1.54, 1.807) is 0 Å². The average molecular weight is 173 g/mol. The van der Waals surface area contributed by atoms with Crippen molar-refractivity contribution in [3.8, 4) is 0 Å². The van der Waals surface area contributed by atoms with Crippen LogP contribution in [0.5, 0.6) is 0 Å². The fraction of sp³-hybridized carbons (Fsp3) is 0.200. The molecule has 0 amide bonds. The molecule has 0 aliphatic rings. The largest absolute Gasteiger partial charge is 0.266 e. The molecule has 1 heterocycles.